The summed E-state index contributed by atoms with van der Waals surface area (Å²) in [6.07, 6.45) is 4.00. The number of aromatic hydroxyl groups is 2. The van der Waals surface area contributed by atoms with Crippen LogP contribution in [0, 0.1) is 20.9 Å². The van der Waals surface area contributed by atoms with Crippen molar-refractivity contribution in [3.05, 3.63) is 124 Å². The minimum Gasteiger partial charge on any atom is -0.508 e. The zero-order valence-corrected chi connectivity index (χ0v) is 25.1. The van der Waals surface area contributed by atoms with Crippen LogP contribution in [0.15, 0.2) is 103 Å². The van der Waals surface area contributed by atoms with Crippen LogP contribution in [-0.4, -0.2) is 22.4 Å². The molecule has 0 atom stereocenters. The molecule has 3 aromatic rings. The summed E-state index contributed by atoms with van der Waals surface area (Å²) < 4.78 is 0. The fourth-order valence-electron chi connectivity index (χ4n) is 1.20. The summed E-state index contributed by atoms with van der Waals surface area (Å²) in [7, 11) is 1.00. The van der Waals surface area contributed by atoms with Gasteiger partial charge in [-0.3, -0.25) is 0 Å². The van der Waals surface area contributed by atoms with Crippen LogP contribution in [0.2, 0.25) is 0 Å². The largest absolute Gasteiger partial charge is 3.00 e. The molecular weight excluding hydrogens is 497 g/mol. The molecule has 0 radical (unpaired) electrons. The van der Waals surface area contributed by atoms with Crippen molar-refractivity contribution >= 4 is 0 Å². The van der Waals surface area contributed by atoms with Crippen LogP contribution in [0.3, 0.4) is 0 Å². The van der Waals surface area contributed by atoms with Gasteiger partial charge in [-0.1, -0.05) is 83.7 Å². The van der Waals surface area contributed by atoms with Gasteiger partial charge in [0, 0.05) is 7.11 Å². The van der Waals surface area contributed by atoms with E-state index in [2.05, 4.69) is 6.07 Å². The molecule has 0 aromatic heterocycles. The fourth-order valence-corrected chi connectivity index (χ4v) is 1.20. The Morgan fingerprint density at radius 3 is 0.882 bits per heavy atom. The van der Waals surface area contributed by atoms with Gasteiger partial charge in [0.15, 0.2) is 0 Å². The number of phenolic OH excluding ortho intramolecular Hbond substituents is 2. The number of para-hydroxylation sites is 2. The van der Waals surface area contributed by atoms with Crippen LogP contribution in [0.1, 0.15) is 49.0 Å². The average Bonchev–Trinajstić information content (AvgIpc) is 2.86. The van der Waals surface area contributed by atoms with Gasteiger partial charge in [-0.2, -0.15) is 36.4 Å². The molecule has 3 N–H and O–H groups in total. The van der Waals surface area contributed by atoms with E-state index in [1.54, 1.807) is 48.5 Å². The normalized spacial score (nSPS) is 6.59. The van der Waals surface area contributed by atoms with E-state index < -0.39 is 0 Å². The Balaban J connectivity index is -0.0000000402. The predicted octanol–water partition coefficient (Wildman–Crippen LogP) is 9.05. The minimum atomic E-state index is 0. The van der Waals surface area contributed by atoms with E-state index in [0.29, 0.717) is 11.5 Å². The van der Waals surface area contributed by atoms with E-state index in [9.17, 15) is 0 Å². The second kappa shape index (κ2) is 57.7. The zero-order chi connectivity index (χ0) is 23.9. The Morgan fingerprint density at radius 1 is 0.559 bits per heavy atom. The van der Waals surface area contributed by atoms with Gasteiger partial charge in [0.1, 0.15) is 11.5 Å². The first-order chi connectivity index (χ1) is 14.7. The first-order valence-electron chi connectivity index (χ1n) is 10.1. The maximum Gasteiger partial charge on any atom is 3.00 e. The van der Waals surface area contributed by atoms with Gasteiger partial charge in [0.05, 0.1) is 0 Å². The van der Waals surface area contributed by atoms with Crippen molar-refractivity contribution in [1.82, 2.24) is 0 Å². The number of hydrogen-bond acceptors (Lipinski definition) is 3. The SMILES string of the molecule is C.C/C=C/C.CC.CC.CO.Oc1ccccc1.Oc1ccccc1.[CH3-].[CH3-].[Y+3].[c-]1ccccc1. The molecule has 34 heavy (non-hydrogen) atoms. The summed E-state index contributed by atoms with van der Waals surface area (Å²) in [6, 6.07) is 29.9. The van der Waals surface area contributed by atoms with Crippen molar-refractivity contribution in [2.24, 2.45) is 0 Å². The molecule has 0 heterocycles. The molecule has 0 aliphatic rings. The molecule has 0 unspecified atom stereocenters. The average molecular weight is 549 g/mol. The van der Waals surface area contributed by atoms with E-state index in [0.717, 1.165) is 7.11 Å². The number of rotatable bonds is 0. The second-order valence-electron chi connectivity index (χ2n) is 4.42. The Hall–Kier alpha value is -1.94. The van der Waals surface area contributed by atoms with E-state index in [-0.39, 0.29) is 55.0 Å². The van der Waals surface area contributed by atoms with Gasteiger partial charge >= 0.3 is 32.7 Å². The van der Waals surface area contributed by atoms with E-state index in [1.807, 2.05) is 96.2 Å². The second-order valence-corrected chi connectivity index (χ2v) is 4.42. The van der Waals surface area contributed by atoms with Crippen molar-refractivity contribution in [2.45, 2.75) is 49.0 Å². The number of aliphatic hydroxyl groups is 1. The molecule has 0 saturated carbocycles. The molecule has 3 nitrogen and oxygen atoms in total. The molecule has 0 aliphatic heterocycles. The third-order valence-electron chi connectivity index (χ3n) is 2.45. The van der Waals surface area contributed by atoms with E-state index in [4.69, 9.17) is 15.3 Å². The Bertz CT molecular complexity index is 548. The maximum absolute atomic E-state index is 8.63. The minimum absolute atomic E-state index is 0. The first kappa shape index (κ1) is 53.4. The number of aliphatic hydroxyl groups excluding tert-OH is 1. The van der Waals surface area contributed by atoms with Crippen LogP contribution < -0.4 is 0 Å². The van der Waals surface area contributed by atoms with Crippen LogP contribution in [-0.2, 0) is 32.7 Å². The van der Waals surface area contributed by atoms with E-state index in [1.165, 1.54) is 0 Å². The molecule has 0 bridgehead atoms. The predicted molar refractivity (Wildman–Crippen MR) is 152 cm³/mol. The van der Waals surface area contributed by atoms with Gasteiger partial charge in [-0.05, 0) is 38.1 Å². The maximum atomic E-state index is 8.63. The molecule has 192 valence electrons. The zero-order valence-electron chi connectivity index (χ0n) is 22.2. The van der Waals surface area contributed by atoms with Crippen molar-refractivity contribution < 1.29 is 48.0 Å². The molecule has 3 aromatic carbocycles. The Labute approximate surface area is 238 Å². The van der Waals surface area contributed by atoms with Crippen LogP contribution in [0.25, 0.3) is 0 Å². The van der Waals surface area contributed by atoms with Crippen molar-refractivity contribution in [2.75, 3.05) is 7.11 Å². The summed E-state index contributed by atoms with van der Waals surface area (Å²) in [5, 5.41) is 24.3. The quantitative estimate of drug-likeness (QED) is 0.194. The van der Waals surface area contributed by atoms with Gasteiger partial charge in [-0.25, -0.2) is 0 Å². The number of allylic oxidation sites excluding steroid dienone is 2. The van der Waals surface area contributed by atoms with Gasteiger partial charge in [0.25, 0.3) is 0 Å². The summed E-state index contributed by atoms with van der Waals surface area (Å²) in [4.78, 5) is 0. The molecule has 0 aliphatic carbocycles. The number of benzene rings is 3. The molecule has 0 spiro atoms. The summed E-state index contributed by atoms with van der Waals surface area (Å²) in [5.41, 5.74) is 0. The van der Waals surface area contributed by atoms with Crippen LogP contribution >= 0.6 is 0 Å². The van der Waals surface area contributed by atoms with Crippen molar-refractivity contribution in [3.63, 3.8) is 0 Å². The third-order valence-corrected chi connectivity index (χ3v) is 2.45. The molecule has 0 saturated heterocycles. The molecule has 0 fully saturated rings. The van der Waals surface area contributed by atoms with E-state index >= 15 is 0 Å². The van der Waals surface area contributed by atoms with Gasteiger partial charge < -0.3 is 30.2 Å². The monoisotopic (exact) mass is 548 g/mol. The van der Waals surface area contributed by atoms with Crippen LogP contribution in [0.5, 0.6) is 11.5 Å². The summed E-state index contributed by atoms with van der Waals surface area (Å²) in [6.45, 7) is 12.0. The van der Waals surface area contributed by atoms with Gasteiger partial charge in [0.2, 0.25) is 0 Å². The third kappa shape index (κ3) is 57.2. The summed E-state index contributed by atoms with van der Waals surface area (Å²) >= 11 is 0. The Morgan fingerprint density at radius 2 is 0.794 bits per heavy atom. The summed E-state index contributed by atoms with van der Waals surface area (Å²) in [5.74, 6) is 0.644. The molecule has 0 amide bonds. The van der Waals surface area contributed by atoms with Crippen molar-refractivity contribution in [3.8, 4) is 11.5 Å². The molecule has 4 heteroatoms. The molecule has 3 rings (SSSR count). The number of phenols is 2. The topological polar surface area (TPSA) is 60.7 Å². The van der Waals surface area contributed by atoms with Crippen LogP contribution in [0.4, 0.5) is 0 Å². The van der Waals surface area contributed by atoms with Gasteiger partial charge in [-0.15, -0.1) is 0 Å². The molecular formula is C30H51O3Y. The van der Waals surface area contributed by atoms with Crippen molar-refractivity contribution in [1.29, 1.82) is 0 Å². The smallest absolute Gasteiger partial charge is 0.508 e. The Kier molecular flexibility index (Phi) is 90.6. The number of hydrogen-bond donors (Lipinski definition) is 3. The fraction of sp³-hybridized carbons (Fsp3) is 0.267. The standard InChI is InChI=1S/2C6H6O.C6H5.C4H8.2C2H6.CH4O.CH4.2CH3.Y/c2*7-6-4-2-1-3-5-6;1-2-4-6-5-3-1;1-3-4-2;3*1-2;;;;/h2*1-5,7H;1-5H;3-4H,1-2H3;2*1-2H3;2H,1H3;1H4;2*1H3;/q;;-1;;;;;;2*-1;+3/b;;;4-3+;;;;;;;. The first-order valence-corrected chi connectivity index (χ1v) is 10.1.